The lowest BCUT2D eigenvalue weighted by Gasteiger charge is -2.25. The maximum Gasteiger partial charge on any atom is 0.0595 e. The summed E-state index contributed by atoms with van der Waals surface area (Å²) in [7, 11) is 2.01. The van der Waals surface area contributed by atoms with Crippen molar-refractivity contribution in [3.05, 3.63) is 33.8 Å². The molecule has 4 heteroatoms. The Kier molecular flexibility index (Phi) is 4.91. The van der Waals surface area contributed by atoms with Gasteiger partial charge in [-0.3, -0.25) is 0 Å². The molecule has 18 heavy (non-hydrogen) atoms. The van der Waals surface area contributed by atoms with Crippen LogP contribution in [0.2, 0.25) is 10.0 Å². The third kappa shape index (κ3) is 3.18. The summed E-state index contributed by atoms with van der Waals surface area (Å²) in [4.78, 5) is 0. The maximum atomic E-state index is 6.05. The molecule has 1 N–H and O–H groups in total. The van der Waals surface area contributed by atoms with Gasteiger partial charge in [-0.15, -0.1) is 0 Å². The van der Waals surface area contributed by atoms with Gasteiger partial charge in [-0.25, -0.2) is 0 Å². The first-order valence-electron chi connectivity index (χ1n) is 6.34. The van der Waals surface area contributed by atoms with Crippen LogP contribution in [0.1, 0.15) is 18.9 Å². The SMILES string of the molecule is CNC(Cc1ccc(Cl)c(Cl)c1)C1CCOC1C. The third-order valence-electron chi connectivity index (χ3n) is 3.76. The molecular weight excluding hydrogens is 269 g/mol. The van der Waals surface area contributed by atoms with Crippen LogP contribution in [0.4, 0.5) is 0 Å². The van der Waals surface area contributed by atoms with Crippen LogP contribution in [-0.2, 0) is 11.2 Å². The molecule has 0 bridgehead atoms. The molecule has 1 aromatic rings. The van der Waals surface area contributed by atoms with E-state index in [0.29, 0.717) is 28.1 Å². The first-order chi connectivity index (χ1) is 8.61. The number of hydrogen-bond donors (Lipinski definition) is 1. The number of nitrogens with one attached hydrogen (secondary N) is 1. The van der Waals surface area contributed by atoms with Crippen LogP contribution in [0, 0.1) is 5.92 Å². The van der Waals surface area contributed by atoms with Crippen LogP contribution in [-0.4, -0.2) is 25.8 Å². The Morgan fingerprint density at radius 1 is 1.39 bits per heavy atom. The molecule has 2 nitrogen and oxygen atoms in total. The summed E-state index contributed by atoms with van der Waals surface area (Å²) >= 11 is 12.0. The number of ether oxygens (including phenoxy) is 1. The lowest BCUT2D eigenvalue weighted by atomic mass is 9.89. The predicted molar refractivity (Wildman–Crippen MR) is 76.5 cm³/mol. The Hall–Kier alpha value is -0.280. The van der Waals surface area contributed by atoms with Crippen molar-refractivity contribution in [2.75, 3.05) is 13.7 Å². The van der Waals surface area contributed by atoms with Crippen LogP contribution in [0.25, 0.3) is 0 Å². The molecule has 100 valence electrons. The van der Waals surface area contributed by atoms with Gasteiger partial charge in [0.2, 0.25) is 0 Å². The van der Waals surface area contributed by atoms with E-state index in [0.717, 1.165) is 19.4 Å². The number of hydrogen-bond acceptors (Lipinski definition) is 2. The molecule has 1 aliphatic heterocycles. The molecule has 3 atom stereocenters. The number of rotatable bonds is 4. The normalized spacial score (nSPS) is 25.3. The van der Waals surface area contributed by atoms with E-state index in [9.17, 15) is 0 Å². The topological polar surface area (TPSA) is 21.3 Å². The van der Waals surface area contributed by atoms with Gasteiger partial charge in [0, 0.05) is 18.6 Å². The highest BCUT2D eigenvalue weighted by molar-refractivity contribution is 6.42. The van der Waals surface area contributed by atoms with E-state index >= 15 is 0 Å². The first kappa shape index (κ1) is 14.1. The second kappa shape index (κ2) is 6.25. The van der Waals surface area contributed by atoms with Crippen molar-refractivity contribution in [1.82, 2.24) is 5.32 Å². The summed E-state index contributed by atoms with van der Waals surface area (Å²) in [5.41, 5.74) is 1.21. The molecule has 0 saturated carbocycles. The zero-order valence-corrected chi connectivity index (χ0v) is 12.3. The average molecular weight is 288 g/mol. The molecule has 1 fully saturated rings. The van der Waals surface area contributed by atoms with Gasteiger partial charge in [0.1, 0.15) is 0 Å². The summed E-state index contributed by atoms with van der Waals surface area (Å²) in [5, 5.41) is 4.64. The van der Waals surface area contributed by atoms with Crippen LogP contribution in [0.3, 0.4) is 0 Å². The molecule has 0 amide bonds. The largest absolute Gasteiger partial charge is 0.378 e. The molecule has 2 rings (SSSR count). The third-order valence-corrected chi connectivity index (χ3v) is 4.50. The van der Waals surface area contributed by atoms with Crippen molar-refractivity contribution >= 4 is 23.2 Å². The van der Waals surface area contributed by atoms with E-state index < -0.39 is 0 Å². The van der Waals surface area contributed by atoms with Gasteiger partial charge in [-0.2, -0.15) is 0 Å². The maximum absolute atomic E-state index is 6.05. The van der Waals surface area contributed by atoms with Crippen LogP contribution >= 0.6 is 23.2 Å². The highest BCUT2D eigenvalue weighted by Crippen LogP contribution is 2.28. The lowest BCUT2D eigenvalue weighted by molar-refractivity contribution is 0.0963. The Morgan fingerprint density at radius 3 is 2.72 bits per heavy atom. The Bertz CT molecular complexity index is 411. The van der Waals surface area contributed by atoms with Crippen molar-refractivity contribution in [1.29, 1.82) is 0 Å². The lowest BCUT2D eigenvalue weighted by Crippen LogP contribution is -2.38. The summed E-state index contributed by atoms with van der Waals surface area (Å²) in [5.74, 6) is 0.560. The molecule has 1 aromatic carbocycles. The monoisotopic (exact) mass is 287 g/mol. The fraction of sp³-hybridized carbons (Fsp3) is 0.571. The van der Waals surface area contributed by atoms with Crippen LogP contribution < -0.4 is 5.32 Å². The zero-order chi connectivity index (χ0) is 13.1. The van der Waals surface area contributed by atoms with E-state index in [4.69, 9.17) is 27.9 Å². The van der Waals surface area contributed by atoms with Gasteiger partial charge in [-0.05, 0) is 44.5 Å². The smallest absolute Gasteiger partial charge is 0.0595 e. The predicted octanol–water partition coefficient (Wildman–Crippen LogP) is 3.55. The van der Waals surface area contributed by atoms with E-state index in [1.54, 1.807) is 0 Å². The zero-order valence-electron chi connectivity index (χ0n) is 10.7. The Labute approximate surface area is 119 Å². The van der Waals surface area contributed by atoms with Crippen LogP contribution in [0.5, 0.6) is 0 Å². The van der Waals surface area contributed by atoms with E-state index in [1.165, 1.54) is 5.56 Å². The minimum atomic E-state index is 0.324. The van der Waals surface area contributed by atoms with Gasteiger partial charge in [0.05, 0.1) is 16.1 Å². The van der Waals surface area contributed by atoms with Gasteiger partial charge in [0.25, 0.3) is 0 Å². The molecule has 1 saturated heterocycles. The average Bonchev–Trinajstić information content (AvgIpc) is 2.77. The van der Waals surface area contributed by atoms with E-state index in [1.807, 2.05) is 25.2 Å². The van der Waals surface area contributed by atoms with Gasteiger partial charge in [0.15, 0.2) is 0 Å². The summed E-state index contributed by atoms with van der Waals surface area (Å²) < 4.78 is 5.64. The van der Waals surface area contributed by atoms with Crippen molar-refractivity contribution < 1.29 is 4.74 Å². The molecule has 0 aromatic heterocycles. The minimum absolute atomic E-state index is 0.324. The highest BCUT2D eigenvalue weighted by atomic mass is 35.5. The Morgan fingerprint density at radius 2 is 2.17 bits per heavy atom. The van der Waals surface area contributed by atoms with Crippen molar-refractivity contribution in [3.63, 3.8) is 0 Å². The fourth-order valence-electron chi connectivity index (χ4n) is 2.66. The fourth-order valence-corrected chi connectivity index (χ4v) is 2.99. The van der Waals surface area contributed by atoms with Gasteiger partial charge >= 0.3 is 0 Å². The number of benzene rings is 1. The summed E-state index contributed by atoms with van der Waals surface area (Å²) in [6.45, 7) is 3.02. The molecule has 1 heterocycles. The molecule has 0 aliphatic carbocycles. The van der Waals surface area contributed by atoms with Gasteiger partial charge < -0.3 is 10.1 Å². The molecule has 1 aliphatic rings. The molecule has 0 spiro atoms. The summed E-state index contributed by atoms with van der Waals surface area (Å²) in [6, 6.07) is 6.27. The summed E-state index contributed by atoms with van der Waals surface area (Å²) in [6.07, 6.45) is 2.39. The minimum Gasteiger partial charge on any atom is -0.378 e. The Balaban J connectivity index is 2.07. The molecule has 0 radical (unpaired) electrons. The van der Waals surface area contributed by atoms with E-state index in [2.05, 4.69) is 12.2 Å². The second-order valence-electron chi connectivity index (χ2n) is 4.88. The first-order valence-corrected chi connectivity index (χ1v) is 7.10. The van der Waals surface area contributed by atoms with Gasteiger partial charge in [-0.1, -0.05) is 29.3 Å². The van der Waals surface area contributed by atoms with Crippen LogP contribution in [0.15, 0.2) is 18.2 Å². The molecular formula is C14H19Cl2NO. The standard InChI is InChI=1S/C14H19Cl2NO/c1-9-11(5-6-18-9)14(17-2)8-10-3-4-12(15)13(16)7-10/h3-4,7,9,11,14,17H,5-6,8H2,1-2H3. The van der Waals surface area contributed by atoms with Crippen molar-refractivity contribution in [2.24, 2.45) is 5.92 Å². The molecule has 3 unspecified atom stereocenters. The van der Waals surface area contributed by atoms with E-state index in [-0.39, 0.29) is 0 Å². The van der Waals surface area contributed by atoms with Crippen molar-refractivity contribution in [2.45, 2.75) is 31.9 Å². The highest BCUT2D eigenvalue weighted by Gasteiger charge is 2.30. The van der Waals surface area contributed by atoms with Crippen molar-refractivity contribution in [3.8, 4) is 0 Å². The number of likely N-dealkylation sites (N-methyl/N-ethyl adjacent to an activating group) is 1. The quantitative estimate of drug-likeness (QED) is 0.915. The second-order valence-corrected chi connectivity index (χ2v) is 5.69. The number of halogens is 2.